The third-order valence-electron chi connectivity index (χ3n) is 1.35. The van der Waals surface area contributed by atoms with E-state index in [0.717, 1.165) is 0 Å². The highest BCUT2D eigenvalue weighted by atomic mass is 16.7. The van der Waals surface area contributed by atoms with Crippen LogP contribution in [0.1, 0.15) is 20.8 Å². The third-order valence-corrected chi connectivity index (χ3v) is 1.35. The Balaban J connectivity index is 4.59. The molecule has 0 N–H and O–H groups in total. The molecule has 0 unspecified atom stereocenters. The highest BCUT2D eigenvalue weighted by Crippen LogP contribution is 2.09. The summed E-state index contributed by atoms with van der Waals surface area (Å²) < 4.78 is 14.8. The minimum atomic E-state index is -0.446. The molecule has 0 aliphatic heterocycles. The van der Waals surface area contributed by atoms with E-state index in [0.29, 0.717) is 18.8 Å². The Kier molecular flexibility index (Phi) is 6.28. The molecule has 0 radical (unpaired) electrons. The van der Waals surface area contributed by atoms with Crippen LogP contribution in [-0.2, 0) is 19.0 Å². The molecule has 0 saturated carbocycles. The quantitative estimate of drug-likeness (QED) is 0.373. The van der Waals surface area contributed by atoms with Crippen LogP contribution in [0.4, 0.5) is 0 Å². The van der Waals surface area contributed by atoms with Gasteiger partial charge in [-0.3, -0.25) is 0 Å². The monoisotopic (exact) mass is 200 g/mol. The number of carbonyl (C=O) groups excluding carboxylic acids is 1. The van der Waals surface area contributed by atoms with E-state index in [1.807, 2.05) is 0 Å². The van der Waals surface area contributed by atoms with Gasteiger partial charge in [-0.2, -0.15) is 0 Å². The highest BCUT2D eigenvalue weighted by molar-refractivity contribution is 5.87. The molecule has 0 fully saturated rings. The van der Waals surface area contributed by atoms with Gasteiger partial charge >= 0.3 is 5.97 Å². The third kappa shape index (κ3) is 3.98. The van der Waals surface area contributed by atoms with Gasteiger partial charge in [0.1, 0.15) is 5.57 Å². The summed E-state index contributed by atoms with van der Waals surface area (Å²) in [5.74, 6) is -0.307. The lowest BCUT2D eigenvalue weighted by molar-refractivity contribution is -0.139. The predicted molar refractivity (Wildman–Crippen MR) is 52.2 cm³/mol. The van der Waals surface area contributed by atoms with Crippen LogP contribution in [0.2, 0.25) is 0 Å². The average molecular weight is 200 g/mol. The summed E-state index contributed by atoms with van der Waals surface area (Å²) >= 11 is 0. The molecule has 4 heteroatoms. The van der Waals surface area contributed by atoms with Crippen molar-refractivity contribution in [2.45, 2.75) is 20.8 Å². The van der Waals surface area contributed by atoms with Crippen molar-refractivity contribution in [3.05, 3.63) is 24.4 Å². The SMILES string of the molecule is C=COC(OCC)=C(C)C(=O)OCC. The largest absolute Gasteiger partial charge is 0.465 e. The van der Waals surface area contributed by atoms with Crippen LogP contribution in [0.3, 0.4) is 0 Å². The maximum Gasteiger partial charge on any atom is 0.340 e. The van der Waals surface area contributed by atoms with Crippen molar-refractivity contribution < 1.29 is 19.0 Å². The zero-order chi connectivity index (χ0) is 11.0. The van der Waals surface area contributed by atoms with Crippen LogP contribution < -0.4 is 0 Å². The molecule has 0 saturated heterocycles. The predicted octanol–water partition coefficient (Wildman–Crippen LogP) is 1.98. The fourth-order valence-corrected chi connectivity index (χ4v) is 0.760. The van der Waals surface area contributed by atoms with E-state index in [9.17, 15) is 4.79 Å². The number of esters is 1. The lowest BCUT2D eigenvalue weighted by Crippen LogP contribution is -2.10. The van der Waals surface area contributed by atoms with Gasteiger partial charge in [0, 0.05) is 0 Å². The van der Waals surface area contributed by atoms with Crippen LogP contribution in [0.5, 0.6) is 0 Å². The Morgan fingerprint density at radius 1 is 1.29 bits per heavy atom. The zero-order valence-corrected chi connectivity index (χ0v) is 8.83. The minimum Gasteiger partial charge on any atom is -0.465 e. The van der Waals surface area contributed by atoms with Crippen molar-refractivity contribution in [2.24, 2.45) is 0 Å². The standard InChI is InChI=1S/C10H16O4/c1-5-12-9(11)8(4)10(13-6-2)14-7-3/h6H,2,5,7H2,1,3-4H3. The van der Waals surface area contributed by atoms with Gasteiger partial charge in [0.25, 0.3) is 5.95 Å². The van der Waals surface area contributed by atoms with Gasteiger partial charge in [0.15, 0.2) is 0 Å². The molecule has 0 aliphatic carbocycles. The second-order valence-corrected chi connectivity index (χ2v) is 2.35. The van der Waals surface area contributed by atoms with Gasteiger partial charge in [-0.15, -0.1) is 0 Å². The van der Waals surface area contributed by atoms with E-state index >= 15 is 0 Å². The van der Waals surface area contributed by atoms with E-state index in [-0.39, 0.29) is 5.95 Å². The summed E-state index contributed by atoms with van der Waals surface area (Å²) in [4.78, 5) is 11.3. The number of rotatable bonds is 6. The summed E-state index contributed by atoms with van der Waals surface area (Å²) in [5.41, 5.74) is 0.300. The Bertz CT molecular complexity index is 230. The first-order valence-corrected chi connectivity index (χ1v) is 4.45. The average Bonchev–Trinajstić information content (AvgIpc) is 2.17. The molecule has 0 atom stereocenters. The van der Waals surface area contributed by atoms with Gasteiger partial charge in [-0.05, 0) is 20.8 Å². The minimum absolute atomic E-state index is 0.140. The summed E-state index contributed by atoms with van der Waals surface area (Å²) in [6, 6.07) is 0. The number of carbonyl (C=O) groups is 1. The molecule has 14 heavy (non-hydrogen) atoms. The maximum atomic E-state index is 11.3. The lowest BCUT2D eigenvalue weighted by Gasteiger charge is -2.09. The topological polar surface area (TPSA) is 44.8 Å². The van der Waals surface area contributed by atoms with Crippen LogP contribution >= 0.6 is 0 Å². The molecule has 0 spiro atoms. The van der Waals surface area contributed by atoms with Crippen LogP contribution in [0.15, 0.2) is 24.4 Å². The van der Waals surface area contributed by atoms with Gasteiger partial charge in [-0.1, -0.05) is 6.58 Å². The van der Waals surface area contributed by atoms with Crippen LogP contribution in [0.25, 0.3) is 0 Å². The van der Waals surface area contributed by atoms with Gasteiger partial charge in [-0.25, -0.2) is 4.79 Å². The molecule has 0 aromatic rings. The Morgan fingerprint density at radius 2 is 1.86 bits per heavy atom. The second kappa shape index (κ2) is 7.00. The fourth-order valence-electron chi connectivity index (χ4n) is 0.760. The van der Waals surface area contributed by atoms with Crippen molar-refractivity contribution in [1.29, 1.82) is 0 Å². The summed E-state index contributed by atoms with van der Waals surface area (Å²) in [6.45, 7) is 9.23. The molecule has 0 bridgehead atoms. The first kappa shape index (κ1) is 12.6. The van der Waals surface area contributed by atoms with E-state index in [1.165, 1.54) is 6.26 Å². The molecular weight excluding hydrogens is 184 g/mol. The zero-order valence-electron chi connectivity index (χ0n) is 8.83. The molecule has 4 nitrogen and oxygen atoms in total. The van der Waals surface area contributed by atoms with Gasteiger partial charge in [0.05, 0.1) is 19.5 Å². The summed E-state index contributed by atoms with van der Waals surface area (Å²) in [7, 11) is 0. The number of hydrogen-bond acceptors (Lipinski definition) is 4. The molecule has 0 aromatic heterocycles. The number of hydrogen-bond donors (Lipinski definition) is 0. The van der Waals surface area contributed by atoms with Crippen molar-refractivity contribution in [1.82, 2.24) is 0 Å². The van der Waals surface area contributed by atoms with Gasteiger partial charge < -0.3 is 14.2 Å². The van der Waals surface area contributed by atoms with E-state index in [4.69, 9.17) is 14.2 Å². The molecule has 0 rings (SSSR count). The first-order valence-electron chi connectivity index (χ1n) is 4.45. The van der Waals surface area contributed by atoms with E-state index in [2.05, 4.69) is 6.58 Å². The smallest absolute Gasteiger partial charge is 0.340 e. The van der Waals surface area contributed by atoms with Crippen LogP contribution in [0, 0.1) is 0 Å². The summed E-state index contributed by atoms with van der Waals surface area (Å²) in [6.07, 6.45) is 1.20. The molecule has 80 valence electrons. The highest BCUT2D eigenvalue weighted by Gasteiger charge is 2.13. The normalized spacial score (nSPS) is 11.4. The van der Waals surface area contributed by atoms with E-state index < -0.39 is 5.97 Å². The molecule has 0 amide bonds. The molecular formula is C10H16O4. The Labute approximate surface area is 84.1 Å². The summed E-state index contributed by atoms with van der Waals surface area (Å²) in [5, 5.41) is 0. The van der Waals surface area contributed by atoms with Crippen molar-refractivity contribution >= 4 is 5.97 Å². The molecule has 0 aliphatic rings. The second-order valence-electron chi connectivity index (χ2n) is 2.35. The fraction of sp³-hybridized carbons (Fsp3) is 0.500. The Morgan fingerprint density at radius 3 is 2.29 bits per heavy atom. The lowest BCUT2D eigenvalue weighted by atomic mass is 10.3. The Hall–Kier alpha value is -1.45. The maximum absolute atomic E-state index is 11.3. The molecule has 0 heterocycles. The van der Waals surface area contributed by atoms with E-state index in [1.54, 1.807) is 20.8 Å². The van der Waals surface area contributed by atoms with Gasteiger partial charge in [0.2, 0.25) is 0 Å². The van der Waals surface area contributed by atoms with Crippen LogP contribution in [-0.4, -0.2) is 19.2 Å². The first-order chi connectivity index (χ1) is 6.67. The van der Waals surface area contributed by atoms with Crippen molar-refractivity contribution in [3.63, 3.8) is 0 Å². The number of ether oxygens (including phenoxy) is 3. The van der Waals surface area contributed by atoms with Crippen molar-refractivity contribution in [2.75, 3.05) is 13.2 Å². The van der Waals surface area contributed by atoms with Crippen molar-refractivity contribution in [3.8, 4) is 0 Å². The molecule has 0 aromatic carbocycles.